The second-order valence-electron chi connectivity index (χ2n) is 5.59. The number of thioether (sulfide) groups is 1. The molecule has 2 amide bonds. The van der Waals surface area contributed by atoms with Gasteiger partial charge in [-0.15, -0.1) is 11.8 Å². The summed E-state index contributed by atoms with van der Waals surface area (Å²) in [6.45, 7) is 1.68. The fraction of sp³-hybridized carbons (Fsp3) is 0.222. The van der Waals surface area contributed by atoms with E-state index in [2.05, 4.69) is 10.6 Å². The standard InChI is InChI=1S/C18H17ClN2O3S/c1-11-18(23)21-15-8-13(6-7-16(15)24-11)20-17(22)10-25-9-12-4-2-3-5-14(12)19/h2-8,11H,9-10H2,1H3,(H,20,22)(H,21,23)/t11-/m1/s1. The number of rotatable bonds is 5. The Balaban J connectivity index is 1.54. The molecule has 3 rings (SSSR count). The van der Waals surface area contributed by atoms with Crippen LogP contribution in [0.1, 0.15) is 12.5 Å². The first kappa shape index (κ1) is 17.6. The van der Waals surface area contributed by atoms with Crippen LogP contribution in [0.25, 0.3) is 0 Å². The van der Waals surface area contributed by atoms with Crippen LogP contribution in [0.4, 0.5) is 11.4 Å². The lowest BCUT2D eigenvalue weighted by Gasteiger charge is -2.23. The van der Waals surface area contributed by atoms with E-state index in [1.165, 1.54) is 11.8 Å². The number of halogens is 1. The van der Waals surface area contributed by atoms with Crippen LogP contribution in [0.3, 0.4) is 0 Å². The van der Waals surface area contributed by atoms with Gasteiger partial charge in [0.2, 0.25) is 5.91 Å². The summed E-state index contributed by atoms with van der Waals surface area (Å²) in [5, 5.41) is 6.28. The van der Waals surface area contributed by atoms with Crippen LogP contribution in [0, 0.1) is 0 Å². The van der Waals surface area contributed by atoms with Crippen LogP contribution in [-0.4, -0.2) is 23.7 Å². The molecule has 1 atom stereocenters. The summed E-state index contributed by atoms with van der Waals surface area (Å²) < 4.78 is 5.49. The molecule has 0 saturated carbocycles. The second-order valence-corrected chi connectivity index (χ2v) is 6.99. The molecule has 0 saturated heterocycles. The first-order valence-electron chi connectivity index (χ1n) is 7.75. The highest BCUT2D eigenvalue weighted by Crippen LogP contribution is 2.32. The Hall–Kier alpha value is -2.18. The molecule has 0 radical (unpaired) electrons. The van der Waals surface area contributed by atoms with E-state index < -0.39 is 6.10 Å². The van der Waals surface area contributed by atoms with Gasteiger partial charge in [0.1, 0.15) is 5.75 Å². The minimum absolute atomic E-state index is 0.117. The van der Waals surface area contributed by atoms with Gasteiger partial charge in [-0.1, -0.05) is 29.8 Å². The molecule has 0 fully saturated rings. The van der Waals surface area contributed by atoms with Gasteiger partial charge in [0, 0.05) is 16.5 Å². The summed E-state index contributed by atoms with van der Waals surface area (Å²) in [7, 11) is 0. The summed E-state index contributed by atoms with van der Waals surface area (Å²) >= 11 is 7.59. The Morgan fingerprint density at radius 1 is 1.32 bits per heavy atom. The molecule has 0 unspecified atom stereocenters. The summed E-state index contributed by atoms with van der Waals surface area (Å²) in [6, 6.07) is 12.8. The Kier molecular flexibility index (Phi) is 5.50. The number of nitrogens with one attached hydrogen (secondary N) is 2. The lowest BCUT2D eigenvalue weighted by Crippen LogP contribution is -2.34. The third-order valence-electron chi connectivity index (χ3n) is 3.64. The molecule has 7 heteroatoms. The smallest absolute Gasteiger partial charge is 0.265 e. The molecule has 0 aromatic heterocycles. The number of hydrogen-bond donors (Lipinski definition) is 2. The third kappa shape index (κ3) is 4.46. The Bertz CT molecular complexity index is 813. The monoisotopic (exact) mass is 376 g/mol. The number of carbonyl (C=O) groups excluding carboxylic acids is 2. The van der Waals surface area contributed by atoms with E-state index in [9.17, 15) is 9.59 Å². The maximum Gasteiger partial charge on any atom is 0.265 e. The average Bonchev–Trinajstić information content (AvgIpc) is 2.58. The van der Waals surface area contributed by atoms with Gasteiger partial charge >= 0.3 is 0 Å². The zero-order chi connectivity index (χ0) is 17.8. The SMILES string of the molecule is C[C@H]1Oc2ccc(NC(=O)CSCc3ccccc3Cl)cc2NC1=O. The normalized spacial score (nSPS) is 15.8. The van der Waals surface area contributed by atoms with Crippen molar-refractivity contribution in [2.24, 2.45) is 0 Å². The highest BCUT2D eigenvalue weighted by molar-refractivity contribution is 7.99. The second kappa shape index (κ2) is 7.80. The zero-order valence-corrected chi connectivity index (χ0v) is 15.1. The molecule has 0 bridgehead atoms. The van der Waals surface area contributed by atoms with E-state index in [1.54, 1.807) is 25.1 Å². The van der Waals surface area contributed by atoms with Crippen molar-refractivity contribution in [1.29, 1.82) is 0 Å². The quantitative estimate of drug-likeness (QED) is 0.829. The van der Waals surface area contributed by atoms with Crippen molar-refractivity contribution >= 4 is 46.6 Å². The molecule has 5 nitrogen and oxygen atoms in total. The summed E-state index contributed by atoms with van der Waals surface area (Å²) in [5.74, 6) is 1.25. The summed E-state index contributed by atoms with van der Waals surface area (Å²) in [6.07, 6.45) is -0.519. The maximum atomic E-state index is 12.1. The molecule has 2 aromatic rings. The first-order chi connectivity index (χ1) is 12.0. The molecule has 1 heterocycles. The Morgan fingerprint density at radius 2 is 2.12 bits per heavy atom. The van der Waals surface area contributed by atoms with Crippen LogP contribution in [0.15, 0.2) is 42.5 Å². The molecule has 2 N–H and O–H groups in total. The molecule has 0 spiro atoms. The van der Waals surface area contributed by atoms with Gasteiger partial charge in [0.25, 0.3) is 5.91 Å². The minimum Gasteiger partial charge on any atom is -0.479 e. The summed E-state index contributed by atoms with van der Waals surface area (Å²) in [4.78, 5) is 23.7. The molecule has 130 valence electrons. The fourth-order valence-corrected chi connectivity index (χ4v) is 3.47. The van der Waals surface area contributed by atoms with Gasteiger partial charge in [0.15, 0.2) is 6.10 Å². The van der Waals surface area contributed by atoms with Gasteiger partial charge in [-0.05, 0) is 36.8 Å². The van der Waals surface area contributed by atoms with Crippen LogP contribution in [0.2, 0.25) is 5.02 Å². The Labute approximate surface area is 155 Å². The van der Waals surface area contributed by atoms with E-state index in [4.69, 9.17) is 16.3 Å². The average molecular weight is 377 g/mol. The highest BCUT2D eigenvalue weighted by Gasteiger charge is 2.23. The fourth-order valence-electron chi connectivity index (χ4n) is 2.35. The molecular formula is C18H17ClN2O3S. The predicted octanol–water partition coefficient (Wildman–Crippen LogP) is 3.93. The van der Waals surface area contributed by atoms with E-state index in [0.29, 0.717) is 33.7 Å². The van der Waals surface area contributed by atoms with Crippen molar-refractivity contribution in [3.8, 4) is 5.75 Å². The predicted molar refractivity (Wildman–Crippen MR) is 101 cm³/mol. The van der Waals surface area contributed by atoms with E-state index >= 15 is 0 Å². The molecule has 0 aliphatic carbocycles. The third-order valence-corrected chi connectivity index (χ3v) is 4.99. The lowest BCUT2D eigenvalue weighted by atomic mass is 10.2. The summed E-state index contributed by atoms with van der Waals surface area (Å²) in [5.41, 5.74) is 2.18. The lowest BCUT2D eigenvalue weighted by molar-refractivity contribution is -0.122. The molecular weight excluding hydrogens is 360 g/mol. The van der Waals surface area contributed by atoms with Crippen LogP contribution in [0.5, 0.6) is 5.75 Å². The van der Waals surface area contributed by atoms with E-state index in [-0.39, 0.29) is 11.8 Å². The number of hydrogen-bond acceptors (Lipinski definition) is 4. The van der Waals surface area contributed by atoms with Crippen molar-refractivity contribution in [2.45, 2.75) is 18.8 Å². The molecule has 1 aliphatic heterocycles. The van der Waals surface area contributed by atoms with Gasteiger partial charge in [-0.25, -0.2) is 0 Å². The highest BCUT2D eigenvalue weighted by atomic mass is 35.5. The topological polar surface area (TPSA) is 67.4 Å². The van der Waals surface area contributed by atoms with Crippen molar-refractivity contribution in [2.75, 3.05) is 16.4 Å². The number of anilines is 2. The molecule has 1 aliphatic rings. The van der Waals surface area contributed by atoms with Crippen LogP contribution >= 0.6 is 23.4 Å². The number of ether oxygens (including phenoxy) is 1. The van der Waals surface area contributed by atoms with Gasteiger partial charge < -0.3 is 15.4 Å². The van der Waals surface area contributed by atoms with E-state index in [1.807, 2.05) is 24.3 Å². The van der Waals surface area contributed by atoms with E-state index in [0.717, 1.165) is 5.56 Å². The van der Waals surface area contributed by atoms with Crippen molar-refractivity contribution in [3.63, 3.8) is 0 Å². The van der Waals surface area contributed by atoms with Gasteiger partial charge in [-0.2, -0.15) is 0 Å². The van der Waals surface area contributed by atoms with Crippen LogP contribution < -0.4 is 15.4 Å². The number of amides is 2. The van der Waals surface area contributed by atoms with Gasteiger partial charge in [0.05, 0.1) is 11.4 Å². The number of carbonyl (C=O) groups is 2. The number of fused-ring (bicyclic) bond motifs is 1. The minimum atomic E-state index is -0.519. The van der Waals surface area contributed by atoms with Crippen molar-refractivity contribution in [3.05, 3.63) is 53.1 Å². The first-order valence-corrected chi connectivity index (χ1v) is 9.29. The maximum absolute atomic E-state index is 12.1. The van der Waals surface area contributed by atoms with Crippen molar-refractivity contribution in [1.82, 2.24) is 0 Å². The zero-order valence-electron chi connectivity index (χ0n) is 13.5. The molecule has 2 aromatic carbocycles. The van der Waals surface area contributed by atoms with Crippen molar-refractivity contribution < 1.29 is 14.3 Å². The number of benzene rings is 2. The molecule has 25 heavy (non-hydrogen) atoms. The Morgan fingerprint density at radius 3 is 2.92 bits per heavy atom. The van der Waals surface area contributed by atoms with Crippen LogP contribution in [-0.2, 0) is 15.3 Å². The largest absolute Gasteiger partial charge is 0.479 e. The van der Waals surface area contributed by atoms with Gasteiger partial charge in [-0.3, -0.25) is 9.59 Å².